The summed E-state index contributed by atoms with van der Waals surface area (Å²) in [7, 11) is 4.21. The molecule has 0 aromatic heterocycles. The van der Waals surface area contributed by atoms with Gasteiger partial charge in [-0.3, -0.25) is 0 Å². The average molecular weight is 347 g/mol. The van der Waals surface area contributed by atoms with Crippen LogP contribution in [0.5, 0.6) is 0 Å². The first-order chi connectivity index (χ1) is 10.1. The maximum atomic E-state index is 6.12. The van der Waals surface area contributed by atoms with Crippen LogP contribution in [-0.2, 0) is 3.82 Å². The Hall–Kier alpha value is -0.601. The topological polar surface area (TPSA) is 12.5 Å². The Bertz CT molecular complexity index is 434. The van der Waals surface area contributed by atoms with Crippen molar-refractivity contribution in [2.75, 3.05) is 14.1 Å². The van der Waals surface area contributed by atoms with Crippen LogP contribution in [0.25, 0.3) is 0 Å². The molecule has 1 aromatic rings. The molecular formula is C18H22NOSe. The van der Waals surface area contributed by atoms with E-state index >= 15 is 0 Å². The van der Waals surface area contributed by atoms with Gasteiger partial charge in [-0.15, -0.1) is 0 Å². The maximum absolute atomic E-state index is 6.12. The fraction of sp³-hybridized carbons (Fsp3) is 0.278. The zero-order chi connectivity index (χ0) is 15.2. The van der Waals surface area contributed by atoms with Crippen LogP contribution < -0.4 is 0 Å². The Morgan fingerprint density at radius 3 is 2.52 bits per heavy atom. The SMILES string of the molecule is C=C[C@H](O[Se][C]1[CH][CH][CH][C]1[C@@H](C)N(C)C)c1ccccc1. The molecule has 1 aliphatic rings. The van der Waals surface area contributed by atoms with Crippen LogP contribution >= 0.6 is 0 Å². The molecule has 5 radical (unpaired) electrons. The minimum absolute atomic E-state index is 0.0161. The third-order valence-electron chi connectivity index (χ3n) is 3.62. The second kappa shape index (κ2) is 8.14. The molecule has 0 amide bonds. The van der Waals surface area contributed by atoms with Gasteiger partial charge in [0.15, 0.2) is 0 Å². The molecule has 2 rings (SSSR count). The summed E-state index contributed by atoms with van der Waals surface area (Å²) in [4.78, 5) is 3.53. The first-order valence-electron chi connectivity index (χ1n) is 7.06. The molecule has 111 valence electrons. The van der Waals surface area contributed by atoms with E-state index in [1.807, 2.05) is 24.3 Å². The molecule has 0 bridgehead atoms. The molecule has 0 heterocycles. The predicted molar refractivity (Wildman–Crippen MR) is 88.8 cm³/mol. The summed E-state index contributed by atoms with van der Waals surface area (Å²) >= 11 is -0.0161. The van der Waals surface area contributed by atoms with Crippen molar-refractivity contribution in [3.63, 3.8) is 0 Å². The van der Waals surface area contributed by atoms with Crippen LogP contribution in [0.3, 0.4) is 0 Å². The van der Waals surface area contributed by atoms with E-state index in [9.17, 15) is 0 Å². The van der Waals surface area contributed by atoms with E-state index in [0.29, 0.717) is 6.04 Å². The van der Waals surface area contributed by atoms with Gasteiger partial charge in [0.05, 0.1) is 0 Å². The van der Waals surface area contributed by atoms with E-state index in [4.69, 9.17) is 3.82 Å². The first-order valence-corrected chi connectivity index (χ1v) is 8.62. The minimum atomic E-state index is -0.0383. The van der Waals surface area contributed by atoms with Crippen molar-refractivity contribution in [2.24, 2.45) is 0 Å². The molecule has 1 saturated carbocycles. The summed E-state index contributed by atoms with van der Waals surface area (Å²) in [6, 6.07) is 10.6. The fourth-order valence-corrected chi connectivity index (χ4v) is 3.91. The summed E-state index contributed by atoms with van der Waals surface area (Å²) in [5.74, 6) is 1.36. The number of hydrogen-bond acceptors (Lipinski definition) is 2. The summed E-state index contributed by atoms with van der Waals surface area (Å²) in [6.45, 7) is 6.12. The molecule has 0 N–H and O–H groups in total. The van der Waals surface area contributed by atoms with Gasteiger partial charge >= 0.3 is 136 Å². The average Bonchev–Trinajstić information content (AvgIpc) is 2.96. The van der Waals surface area contributed by atoms with Crippen LogP contribution in [0.1, 0.15) is 18.6 Å². The van der Waals surface area contributed by atoms with Gasteiger partial charge in [0, 0.05) is 0 Å². The van der Waals surface area contributed by atoms with E-state index < -0.39 is 0 Å². The van der Waals surface area contributed by atoms with Gasteiger partial charge in [-0.2, -0.15) is 0 Å². The van der Waals surface area contributed by atoms with Gasteiger partial charge in [-0.1, -0.05) is 0 Å². The Kier molecular flexibility index (Phi) is 6.50. The van der Waals surface area contributed by atoms with Gasteiger partial charge in [0.1, 0.15) is 0 Å². The summed E-state index contributed by atoms with van der Waals surface area (Å²) < 4.78 is 6.12. The van der Waals surface area contributed by atoms with Crippen molar-refractivity contribution >= 4 is 15.3 Å². The Balaban J connectivity index is 1.93. The van der Waals surface area contributed by atoms with Gasteiger partial charge in [0.2, 0.25) is 0 Å². The summed E-state index contributed by atoms with van der Waals surface area (Å²) in [6.07, 6.45) is 8.30. The molecule has 1 fully saturated rings. The van der Waals surface area contributed by atoms with Gasteiger partial charge in [0.25, 0.3) is 0 Å². The monoisotopic (exact) mass is 348 g/mol. The molecule has 1 aliphatic carbocycles. The zero-order valence-electron chi connectivity index (χ0n) is 12.8. The quantitative estimate of drug-likeness (QED) is 0.555. The van der Waals surface area contributed by atoms with Crippen LogP contribution in [0.2, 0.25) is 0 Å². The zero-order valence-corrected chi connectivity index (χ0v) is 14.5. The number of hydrogen-bond donors (Lipinski definition) is 0. The van der Waals surface area contributed by atoms with Gasteiger partial charge in [-0.05, 0) is 0 Å². The second-order valence-electron chi connectivity index (χ2n) is 5.23. The van der Waals surface area contributed by atoms with Gasteiger partial charge < -0.3 is 0 Å². The molecule has 1 aromatic carbocycles. The van der Waals surface area contributed by atoms with Crippen molar-refractivity contribution in [3.05, 3.63) is 78.5 Å². The fourth-order valence-electron chi connectivity index (χ4n) is 2.09. The number of benzene rings is 1. The summed E-state index contributed by atoms with van der Waals surface area (Å²) in [5.41, 5.74) is 1.16. The normalized spacial score (nSPS) is 19.8. The standard InChI is InChI=1S/C18H22NOSe/c1-5-17(15-10-7-6-8-11-15)20-21-18-13-9-12-16(18)14(2)19(3)4/h5-14,17H,1H2,2-4H3/t14-,17+/m1/s1. The Morgan fingerprint density at radius 2 is 1.90 bits per heavy atom. The van der Waals surface area contributed by atoms with Crippen molar-refractivity contribution in [1.82, 2.24) is 4.90 Å². The van der Waals surface area contributed by atoms with Crippen molar-refractivity contribution in [3.8, 4) is 0 Å². The third kappa shape index (κ3) is 4.43. The molecule has 0 unspecified atom stereocenters. The van der Waals surface area contributed by atoms with E-state index in [0.717, 1.165) is 5.56 Å². The molecule has 0 aliphatic heterocycles. The van der Waals surface area contributed by atoms with E-state index in [2.05, 4.69) is 63.9 Å². The van der Waals surface area contributed by atoms with Gasteiger partial charge in [-0.25, -0.2) is 0 Å². The summed E-state index contributed by atoms with van der Waals surface area (Å²) in [5, 5.41) is 0. The van der Waals surface area contributed by atoms with Crippen LogP contribution in [-0.4, -0.2) is 40.3 Å². The van der Waals surface area contributed by atoms with E-state index in [1.54, 1.807) is 0 Å². The van der Waals surface area contributed by atoms with Crippen LogP contribution in [0.4, 0.5) is 0 Å². The number of nitrogens with zero attached hydrogens (tertiary/aromatic N) is 1. The second-order valence-corrected chi connectivity index (χ2v) is 6.91. The Morgan fingerprint density at radius 1 is 1.19 bits per heavy atom. The molecule has 3 heteroatoms. The molecular weight excluding hydrogens is 325 g/mol. The van der Waals surface area contributed by atoms with Crippen molar-refractivity contribution in [1.29, 1.82) is 0 Å². The third-order valence-corrected chi connectivity index (χ3v) is 5.41. The molecule has 2 nitrogen and oxygen atoms in total. The molecule has 0 spiro atoms. The van der Waals surface area contributed by atoms with E-state index in [-0.39, 0.29) is 21.4 Å². The molecule has 0 saturated heterocycles. The molecule has 21 heavy (non-hydrogen) atoms. The first kappa shape index (κ1) is 16.8. The molecule has 2 atom stereocenters. The van der Waals surface area contributed by atoms with Crippen molar-refractivity contribution in [2.45, 2.75) is 19.1 Å². The number of rotatable bonds is 7. The predicted octanol–water partition coefficient (Wildman–Crippen LogP) is 3.23. The van der Waals surface area contributed by atoms with Crippen LogP contribution in [0, 0.1) is 30.0 Å². The Labute approximate surface area is 136 Å². The van der Waals surface area contributed by atoms with Crippen molar-refractivity contribution < 1.29 is 3.82 Å². The van der Waals surface area contributed by atoms with Crippen LogP contribution in [0.15, 0.2) is 43.0 Å². The van der Waals surface area contributed by atoms with E-state index in [1.165, 1.54) is 10.7 Å².